The van der Waals surface area contributed by atoms with Gasteiger partial charge in [-0.25, -0.2) is 8.42 Å². The van der Waals surface area contributed by atoms with Gasteiger partial charge in [0.15, 0.2) is 0 Å². The van der Waals surface area contributed by atoms with Crippen molar-refractivity contribution in [2.75, 3.05) is 16.8 Å². The number of nitrogens with zero attached hydrogens (tertiary/aromatic N) is 4. The summed E-state index contributed by atoms with van der Waals surface area (Å²) < 4.78 is 64.3. The van der Waals surface area contributed by atoms with E-state index in [0.29, 0.717) is 10.9 Å². The summed E-state index contributed by atoms with van der Waals surface area (Å²) in [6.07, 6.45) is -6.45. The summed E-state index contributed by atoms with van der Waals surface area (Å²) in [5.74, 6) is -1.04. The zero-order valence-corrected chi connectivity index (χ0v) is 17.3. The van der Waals surface area contributed by atoms with Crippen LogP contribution in [0.15, 0.2) is 59.7 Å². The minimum Gasteiger partial charge on any atom is -0.250 e. The fourth-order valence-corrected chi connectivity index (χ4v) is 4.91. The van der Waals surface area contributed by atoms with Gasteiger partial charge in [-0.1, -0.05) is 47.6 Å². The predicted molar refractivity (Wildman–Crippen MR) is 109 cm³/mol. The SMILES string of the molecule is [N-]=[N+]=NCC1Cc2ccccc2C1ON(c1ccccc1)S(=O)(=O)CCCC(F)(F)F. The normalized spacial score (nSPS) is 18.3. The van der Waals surface area contributed by atoms with Gasteiger partial charge in [-0.3, -0.25) is 4.84 Å². The third kappa shape index (κ3) is 5.90. The molecule has 0 N–H and O–H groups in total. The Labute approximate surface area is 178 Å². The molecule has 0 saturated heterocycles. The van der Waals surface area contributed by atoms with E-state index in [9.17, 15) is 21.6 Å². The largest absolute Gasteiger partial charge is 0.389 e. The number of alkyl halides is 3. The highest BCUT2D eigenvalue weighted by atomic mass is 32.2. The fraction of sp³-hybridized carbons (Fsp3) is 0.400. The van der Waals surface area contributed by atoms with Crippen LogP contribution in [0.4, 0.5) is 18.9 Å². The molecule has 0 spiro atoms. The number of fused-ring (bicyclic) bond motifs is 1. The first kappa shape index (κ1) is 22.9. The van der Waals surface area contributed by atoms with E-state index in [-0.39, 0.29) is 18.2 Å². The second-order valence-corrected chi connectivity index (χ2v) is 9.10. The number of hydrogen-bond acceptors (Lipinski definition) is 4. The number of azide groups is 1. The van der Waals surface area contributed by atoms with E-state index in [4.69, 9.17) is 10.4 Å². The van der Waals surface area contributed by atoms with Crippen molar-refractivity contribution in [1.82, 2.24) is 0 Å². The molecule has 2 aromatic carbocycles. The highest BCUT2D eigenvalue weighted by Crippen LogP contribution is 2.41. The van der Waals surface area contributed by atoms with Crippen molar-refractivity contribution in [3.05, 3.63) is 76.2 Å². The molecule has 3 rings (SSSR count). The van der Waals surface area contributed by atoms with Crippen LogP contribution in [-0.4, -0.2) is 26.9 Å². The van der Waals surface area contributed by atoms with Gasteiger partial charge in [0.1, 0.15) is 6.10 Å². The van der Waals surface area contributed by atoms with E-state index in [2.05, 4.69) is 10.0 Å². The maximum atomic E-state index is 13.0. The lowest BCUT2D eigenvalue weighted by molar-refractivity contribution is -0.134. The third-order valence-corrected chi connectivity index (χ3v) is 6.55. The monoisotopic (exact) mass is 454 g/mol. The summed E-state index contributed by atoms with van der Waals surface area (Å²) in [6.45, 7) is 0.0899. The quantitative estimate of drug-likeness (QED) is 0.222. The van der Waals surface area contributed by atoms with Crippen molar-refractivity contribution in [2.24, 2.45) is 11.0 Å². The van der Waals surface area contributed by atoms with Gasteiger partial charge in [-0.2, -0.15) is 13.2 Å². The molecule has 11 heteroatoms. The average Bonchev–Trinajstić information content (AvgIpc) is 3.07. The van der Waals surface area contributed by atoms with Gasteiger partial charge < -0.3 is 0 Å². The molecule has 0 bridgehead atoms. The topological polar surface area (TPSA) is 95.4 Å². The average molecular weight is 454 g/mol. The molecule has 0 radical (unpaired) electrons. The number of hydrogen-bond donors (Lipinski definition) is 0. The fourth-order valence-electron chi connectivity index (χ4n) is 3.56. The Morgan fingerprint density at radius 1 is 1.13 bits per heavy atom. The van der Waals surface area contributed by atoms with Gasteiger partial charge in [0.05, 0.1) is 11.4 Å². The van der Waals surface area contributed by atoms with E-state index in [1.165, 1.54) is 12.1 Å². The van der Waals surface area contributed by atoms with Crippen molar-refractivity contribution in [3.8, 4) is 0 Å². The molecule has 2 aromatic rings. The molecule has 0 aromatic heterocycles. The van der Waals surface area contributed by atoms with Crippen LogP contribution in [0.3, 0.4) is 0 Å². The van der Waals surface area contributed by atoms with E-state index in [1.807, 2.05) is 12.1 Å². The van der Waals surface area contributed by atoms with E-state index >= 15 is 0 Å². The lowest BCUT2D eigenvalue weighted by Crippen LogP contribution is -2.36. The molecule has 2 atom stereocenters. The van der Waals surface area contributed by atoms with Crippen molar-refractivity contribution in [2.45, 2.75) is 31.5 Å². The molecule has 0 aliphatic heterocycles. The molecular weight excluding hydrogens is 433 g/mol. The summed E-state index contributed by atoms with van der Waals surface area (Å²) in [6, 6.07) is 15.2. The standard InChI is InChI=1S/C20H21F3N4O3S/c21-20(22,23)11-6-12-31(28,29)27(17-8-2-1-3-9-17)30-19-16(14-25-26-24)13-15-7-4-5-10-18(15)19/h1-5,7-10,16,19H,6,11-14H2. The summed E-state index contributed by atoms with van der Waals surface area (Å²) in [7, 11) is -4.22. The van der Waals surface area contributed by atoms with Gasteiger partial charge in [0.2, 0.25) is 0 Å². The second kappa shape index (κ2) is 9.59. The first-order valence-corrected chi connectivity index (χ1v) is 11.2. The summed E-state index contributed by atoms with van der Waals surface area (Å²) in [5.41, 5.74) is 10.6. The molecule has 2 unspecified atom stereocenters. The van der Waals surface area contributed by atoms with Crippen molar-refractivity contribution >= 4 is 15.7 Å². The Morgan fingerprint density at radius 3 is 2.48 bits per heavy atom. The molecule has 166 valence electrons. The lowest BCUT2D eigenvalue weighted by atomic mass is 10.0. The van der Waals surface area contributed by atoms with Crippen LogP contribution in [0.25, 0.3) is 10.4 Å². The van der Waals surface area contributed by atoms with Crippen LogP contribution in [-0.2, 0) is 21.3 Å². The second-order valence-electron chi connectivity index (χ2n) is 7.20. The summed E-state index contributed by atoms with van der Waals surface area (Å²) in [4.78, 5) is 8.74. The zero-order chi connectivity index (χ0) is 22.5. The zero-order valence-electron chi connectivity index (χ0n) is 16.4. The summed E-state index contributed by atoms with van der Waals surface area (Å²) in [5, 5.41) is 3.61. The third-order valence-electron chi connectivity index (χ3n) is 4.94. The van der Waals surface area contributed by atoms with Gasteiger partial charge in [-0.05, 0) is 41.6 Å². The van der Waals surface area contributed by atoms with Crippen LogP contribution in [0.1, 0.15) is 30.1 Å². The number of para-hydroxylation sites is 1. The maximum absolute atomic E-state index is 13.0. The Bertz CT molecular complexity index is 1040. The van der Waals surface area contributed by atoms with Crippen molar-refractivity contribution in [3.63, 3.8) is 0 Å². The van der Waals surface area contributed by atoms with Crippen LogP contribution >= 0.6 is 0 Å². The smallest absolute Gasteiger partial charge is 0.250 e. The number of anilines is 1. The Morgan fingerprint density at radius 2 is 1.81 bits per heavy atom. The Balaban J connectivity index is 1.91. The Hall–Kier alpha value is -2.75. The highest BCUT2D eigenvalue weighted by Gasteiger charge is 2.38. The number of rotatable bonds is 9. The minimum absolute atomic E-state index is 0.0899. The van der Waals surface area contributed by atoms with Gasteiger partial charge in [0, 0.05) is 23.8 Å². The van der Waals surface area contributed by atoms with Crippen LogP contribution in [0.5, 0.6) is 0 Å². The van der Waals surface area contributed by atoms with Crippen molar-refractivity contribution in [1.29, 1.82) is 0 Å². The number of sulfonamides is 1. The first-order chi connectivity index (χ1) is 14.7. The molecule has 1 aliphatic carbocycles. The maximum Gasteiger partial charge on any atom is 0.389 e. The molecule has 0 fully saturated rings. The van der Waals surface area contributed by atoms with Gasteiger partial charge >= 0.3 is 6.18 Å². The molecule has 7 nitrogen and oxygen atoms in total. The summed E-state index contributed by atoms with van der Waals surface area (Å²) >= 11 is 0. The molecular formula is C20H21F3N4O3S. The van der Waals surface area contributed by atoms with Crippen LogP contribution in [0, 0.1) is 5.92 Å². The molecule has 0 heterocycles. The van der Waals surface area contributed by atoms with Gasteiger partial charge in [0.25, 0.3) is 10.0 Å². The van der Waals surface area contributed by atoms with Crippen molar-refractivity contribution < 1.29 is 26.4 Å². The van der Waals surface area contributed by atoms with E-state index in [1.54, 1.807) is 30.3 Å². The van der Waals surface area contributed by atoms with E-state index < -0.39 is 40.9 Å². The van der Waals surface area contributed by atoms with Gasteiger partial charge in [-0.15, -0.1) is 4.47 Å². The minimum atomic E-state index is -4.45. The molecule has 0 amide bonds. The number of benzene rings is 2. The predicted octanol–water partition coefficient (Wildman–Crippen LogP) is 5.32. The van der Waals surface area contributed by atoms with Crippen LogP contribution in [0.2, 0.25) is 0 Å². The molecule has 31 heavy (non-hydrogen) atoms. The molecule has 1 aliphatic rings. The lowest BCUT2D eigenvalue weighted by Gasteiger charge is -2.29. The first-order valence-electron chi connectivity index (χ1n) is 9.61. The highest BCUT2D eigenvalue weighted by molar-refractivity contribution is 7.92. The van der Waals surface area contributed by atoms with E-state index in [0.717, 1.165) is 11.1 Å². The van der Waals surface area contributed by atoms with Crippen LogP contribution < -0.4 is 4.47 Å². The molecule has 0 saturated carbocycles. The Kier molecular flexibility index (Phi) is 7.09. The number of halogens is 3.